The Hall–Kier alpha value is -0.300. The van der Waals surface area contributed by atoms with E-state index in [0.717, 1.165) is 17.9 Å². The number of fused-ring (bicyclic) bond motifs is 2. The van der Waals surface area contributed by atoms with E-state index in [4.69, 9.17) is 0 Å². The van der Waals surface area contributed by atoms with Crippen LogP contribution in [0, 0.1) is 11.8 Å². The van der Waals surface area contributed by atoms with Gasteiger partial charge in [-0.2, -0.15) is 0 Å². The van der Waals surface area contributed by atoms with E-state index in [-0.39, 0.29) is 0 Å². The van der Waals surface area contributed by atoms with Gasteiger partial charge in [0.05, 0.1) is 0 Å². The van der Waals surface area contributed by atoms with Gasteiger partial charge in [-0.05, 0) is 69.9 Å². The lowest BCUT2D eigenvalue weighted by molar-refractivity contribution is 0.231. The summed E-state index contributed by atoms with van der Waals surface area (Å²) in [6, 6.07) is 0.942. The van der Waals surface area contributed by atoms with Crippen LogP contribution in [0.2, 0.25) is 0 Å². The van der Waals surface area contributed by atoms with Crippen molar-refractivity contribution in [2.75, 3.05) is 13.1 Å². The minimum Gasteiger partial charge on any atom is -0.300 e. The van der Waals surface area contributed by atoms with Gasteiger partial charge in [0.15, 0.2) is 0 Å². The number of rotatable bonds is 0. The maximum absolute atomic E-state index is 2.82. The fourth-order valence-electron chi connectivity index (χ4n) is 4.13. The number of hydrogen-bond acceptors (Lipinski definition) is 1. The zero-order valence-electron chi connectivity index (χ0n) is 12.5. The minimum atomic E-state index is 0.942. The molecular weight excluding hydrogens is 230 g/mol. The Morgan fingerprint density at radius 3 is 2.63 bits per heavy atom. The third kappa shape index (κ3) is 4.08. The molecule has 2 aliphatic heterocycles. The smallest absolute Gasteiger partial charge is 0.00957 e. The highest BCUT2D eigenvalue weighted by Crippen LogP contribution is 2.43. The monoisotopic (exact) mass is 261 g/mol. The Kier molecular flexibility index (Phi) is 4.98. The third-order valence-corrected chi connectivity index (χ3v) is 5.55. The molecule has 0 N–H and O–H groups in total. The van der Waals surface area contributed by atoms with Gasteiger partial charge in [-0.3, -0.25) is 0 Å². The van der Waals surface area contributed by atoms with Crippen molar-refractivity contribution < 1.29 is 0 Å². The van der Waals surface area contributed by atoms with Gasteiger partial charge in [0.2, 0.25) is 0 Å². The molecule has 3 aliphatic rings. The highest BCUT2D eigenvalue weighted by atomic mass is 15.2. The molecule has 0 aromatic carbocycles. The molecule has 1 heteroatoms. The SMILES string of the molecule is C1=C\C2CC2CCN2CCCC2CCCCCCC/1. The van der Waals surface area contributed by atoms with Crippen LogP contribution in [0.4, 0.5) is 0 Å². The van der Waals surface area contributed by atoms with Gasteiger partial charge in [0.1, 0.15) is 0 Å². The highest BCUT2D eigenvalue weighted by molar-refractivity contribution is 5.02. The zero-order valence-corrected chi connectivity index (χ0v) is 12.5. The van der Waals surface area contributed by atoms with Crippen LogP contribution in [0.1, 0.15) is 70.6 Å². The summed E-state index contributed by atoms with van der Waals surface area (Å²) < 4.78 is 0. The van der Waals surface area contributed by atoms with Crippen molar-refractivity contribution in [3.05, 3.63) is 12.2 Å². The maximum atomic E-state index is 2.82. The summed E-state index contributed by atoms with van der Waals surface area (Å²) in [4.78, 5) is 2.82. The van der Waals surface area contributed by atoms with Crippen molar-refractivity contribution in [3.63, 3.8) is 0 Å². The van der Waals surface area contributed by atoms with Gasteiger partial charge >= 0.3 is 0 Å². The van der Waals surface area contributed by atoms with Gasteiger partial charge in [0, 0.05) is 6.04 Å². The lowest BCUT2D eigenvalue weighted by Crippen LogP contribution is -2.30. The van der Waals surface area contributed by atoms with E-state index < -0.39 is 0 Å². The van der Waals surface area contributed by atoms with Crippen LogP contribution >= 0.6 is 0 Å². The summed E-state index contributed by atoms with van der Waals surface area (Å²) in [6.07, 6.45) is 21.0. The van der Waals surface area contributed by atoms with Crippen molar-refractivity contribution in [1.29, 1.82) is 0 Å². The quantitative estimate of drug-likeness (QED) is 0.567. The van der Waals surface area contributed by atoms with E-state index in [9.17, 15) is 0 Å². The first-order valence-corrected chi connectivity index (χ1v) is 8.84. The highest BCUT2D eigenvalue weighted by Gasteiger charge is 2.35. The third-order valence-electron chi connectivity index (χ3n) is 5.55. The normalized spacial score (nSPS) is 39.7. The lowest BCUT2D eigenvalue weighted by Gasteiger charge is -2.24. The van der Waals surface area contributed by atoms with E-state index >= 15 is 0 Å². The van der Waals surface area contributed by atoms with Gasteiger partial charge in [-0.1, -0.05) is 37.8 Å². The molecule has 0 aromatic heterocycles. The summed E-state index contributed by atoms with van der Waals surface area (Å²) in [5.74, 6) is 1.98. The summed E-state index contributed by atoms with van der Waals surface area (Å²) in [7, 11) is 0. The summed E-state index contributed by atoms with van der Waals surface area (Å²) in [5.41, 5.74) is 0. The van der Waals surface area contributed by atoms with Gasteiger partial charge in [-0.25, -0.2) is 0 Å². The summed E-state index contributed by atoms with van der Waals surface area (Å²) >= 11 is 0. The maximum Gasteiger partial charge on any atom is 0.00957 e. The molecule has 1 saturated carbocycles. The molecular formula is C18H31N. The average molecular weight is 261 g/mol. The molecule has 3 rings (SSSR count). The van der Waals surface area contributed by atoms with Crippen molar-refractivity contribution in [2.45, 2.75) is 76.7 Å². The molecule has 0 spiro atoms. The van der Waals surface area contributed by atoms with E-state index in [1.165, 1.54) is 83.7 Å². The second-order valence-electron chi connectivity index (χ2n) is 7.05. The molecule has 2 fully saturated rings. The molecule has 108 valence electrons. The molecule has 0 aromatic rings. The Morgan fingerprint density at radius 1 is 0.789 bits per heavy atom. The number of nitrogens with zero attached hydrogens (tertiary/aromatic N) is 1. The van der Waals surface area contributed by atoms with Crippen LogP contribution in [-0.2, 0) is 0 Å². The van der Waals surface area contributed by atoms with E-state index in [0.29, 0.717) is 0 Å². The lowest BCUT2D eigenvalue weighted by atomic mass is 10.0. The predicted molar refractivity (Wildman–Crippen MR) is 82.3 cm³/mol. The van der Waals surface area contributed by atoms with Crippen molar-refractivity contribution in [2.24, 2.45) is 11.8 Å². The molecule has 3 unspecified atom stereocenters. The van der Waals surface area contributed by atoms with Crippen LogP contribution in [0.15, 0.2) is 12.2 Å². The Labute approximate surface area is 119 Å². The zero-order chi connectivity index (χ0) is 12.9. The molecule has 3 atom stereocenters. The first kappa shape index (κ1) is 13.7. The van der Waals surface area contributed by atoms with Gasteiger partial charge in [-0.15, -0.1) is 0 Å². The van der Waals surface area contributed by atoms with Crippen molar-refractivity contribution >= 4 is 0 Å². The molecule has 1 saturated heterocycles. The Morgan fingerprint density at radius 2 is 1.63 bits per heavy atom. The summed E-state index contributed by atoms with van der Waals surface area (Å²) in [6.45, 7) is 2.78. The first-order chi connectivity index (χ1) is 9.43. The van der Waals surface area contributed by atoms with Crippen molar-refractivity contribution in [3.8, 4) is 0 Å². The van der Waals surface area contributed by atoms with E-state index in [1.54, 1.807) is 0 Å². The standard InChI is InChI=1S/C18H31N/c1-2-4-6-9-16-15-17(16)12-14-19-13-8-11-18(19)10-7-5-3-1/h6,9,16-18H,1-5,7-8,10-15H2/b9-6-. The van der Waals surface area contributed by atoms with Gasteiger partial charge in [0.25, 0.3) is 0 Å². The molecule has 0 amide bonds. The largest absolute Gasteiger partial charge is 0.300 e. The Balaban J connectivity index is 1.51. The summed E-state index contributed by atoms with van der Waals surface area (Å²) in [5, 5.41) is 0. The van der Waals surface area contributed by atoms with Crippen LogP contribution < -0.4 is 0 Å². The number of allylic oxidation sites excluding steroid dienone is 2. The minimum absolute atomic E-state index is 0.942. The first-order valence-electron chi connectivity index (χ1n) is 8.84. The van der Waals surface area contributed by atoms with Crippen LogP contribution in [-0.4, -0.2) is 24.0 Å². The molecule has 1 nitrogen and oxygen atoms in total. The molecule has 0 bridgehead atoms. The molecule has 1 aliphatic carbocycles. The number of hydrogen-bond donors (Lipinski definition) is 0. The topological polar surface area (TPSA) is 3.24 Å². The Bertz CT molecular complexity index is 296. The fourth-order valence-corrected chi connectivity index (χ4v) is 4.13. The van der Waals surface area contributed by atoms with Gasteiger partial charge < -0.3 is 4.90 Å². The fraction of sp³-hybridized carbons (Fsp3) is 0.889. The van der Waals surface area contributed by atoms with E-state index in [1.807, 2.05) is 0 Å². The average Bonchev–Trinajstić information content (AvgIpc) is 3.01. The van der Waals surface area contributed by atoms with Crippen molar-refractivity contribution in [1.82, 2.24) is 4.90 Å². The second kappa shape index (κ2) is 6.92. The van der Waals surface area contributed by atoms with Crippen LogP contribution in [0.5, 0.6) is 0 Å². The van der Waals surface area contributed by atoms with Crippen LogP contribution in [0.3, 0.4) is 0 Å². The molecule has 19 heavy (non-hydrogen) atoms. The predicted octanol–water partition coefficient (Wildman–Crippen LogP) is 4.78. The van der Waals surface area contributed by atoms with E-state index in [2.05, 4.69) is 17.1 Å². The second-order valence-corrected chi connectivity index (χ2v) is 7.05. The molecule has 0 radical (unpaired) electrons. The van der Waals surface area contributed by atoms with Crippen LogP contribution in [0.25, 0.3) is 0 Å². The molecule has 2 heterocycles.